The van der Waals surface area contributed by atoms with Gasteiger partial charge in [0.2, 0.25) is 0 Å². The van der Waals surface area contributed by atoms with Crippen molar-refractivity contribution in [2.45, 2.75) is 31.1 Å². The molecule has 1 fully saturated rings. The second kappa shape index (κ2) is 6.66. The summed E-state index contributed by atoms with van der Waals surface area (Å²) in [4.78, 5) is 37.8. The maximum Gasteiger partial charge on any atom is 0.328 e. The van der Waals surface area contributed by atoms with Gasteiger partial charge in [0.1, 0.15) is 11.4 Å². The summed E-state index contributed by atoms with van der Waals surface area (Å²) in [6.45, 7) is 0.361. The van der Waals surface area contributed by atoms with Gasteiger partial charge in [-0.2, -0.15) is 0 Å². The fraction of sp³-hybridized carbons (Fsp3) is 0.389. The highest BCUT2D eigenvalue weighted by molar-refractivity contribution is 5.93. The third kappa shape index (κ3) is 3.40. The number of nitrogens with zero attached hydrogens (tertiary/aromatic N) is 1. The molecule has 1 aromatic heterocycles. The van der Waals surface area contributed by atoms with Crippen molar-refractivity contribution in [3.05, 3.63) is 68.2 Å². The van der Waals surface area contributed by atoms with Gasteiger partial charge >= 0.3 is 5.69 Å². The van der Waals surface area contributed by atoms with Crippen LogP contribution in [-0.4, -0.2) is 22.0 Å². The number of amides is 1. The Morgan fingerprint density at radius 3 is 2.52 bits per heavy atom. The number of carbonyl (C=O) groups is 1. The highest BCUT2D eigenvalue weighted by atomic mass is 19.1. The predicted octanol–water partition coefficient (Wildman–Crippen LogP) is 1.45. The van der Waals surface area contributed by atoms with E-state index in [1.54, 1.807) is 12.1 Å². The van der Waals surface area contributed by atoms with E-state index in [4.69, 9.17) is 0 Å². The van der Waals surface area contributed by atoms with Crippen LogP contribution in [0.4, 0.5) is 4.39 Å². The number of H-pyrrole nitrogens is 1. The Hall–Kier alpha value is -2.70. The minimum atomic E-state index is -0.706. The third-order valence-corrected chi connectivity index (χ3v) is 4.96. The first-order chi connectivity index (χ1) is 11.9. The van der Waals surface area contributed by atoms with E-state index in [2.05, 4.69) is 10.3 Å². The number of hydrogen-bond acceptors (Lipinski definition) is 3. The minimum absolute atomic E-state index is 0.102. The van der Waals surface area contributed by atoms with E-state index in [1.807, 2.05) is 0 Å². The molecular formula is C18H20FN3O3. The van der Waals surface area contributed by atoms with Gasteiger partial charge in [0.05, 0.1) is 0 Å². The summed E-state index contributed by atoms with van der Waals surface area (Å²) >= 11 is 0. The van der Waals surface area contributed by atoms with Crippen LogP contribution in [0.15, 0.2) is 40.1 Å². The van der Waals surface area contributed by atoms with Crippen molar-refractivity contribution in [1.29, 1.82) is 0 Å². The zero-order valence-electron chi connectivity index (χ0n) is 14.0. The van der Waals surface area contributed by atoms with E-state index in [0.29, 0.717) is 6.54 Å². The van der Waals surface area contributed by atoms with Crippen LogP contribution in [0.3, 0.4) is 0 Å². The number of nitrogens with one attached hydrogen (secondary N) is 2. The van der Waals surface area contributed by atoms with E-state index in [-0.39, 0.29) is 16.8 Å². The third-order valence-electron chi connectivity index (χ3n) is 4.96. The van der Waals surface area contributed by atoms with Gasteiger partial charge in [-0.05, 0) is 30.5 Å². The number of aromatic nitrogens is 2. The Kier molecular flexibility index (Phi) is 4.57. The van der Waals surface area contributed by atoms with E-state index in [1.165, 1.54) is 25.4 Å². The van der Waals surface area contributed by atoms with Gasteiger partial charge in [0, 0.05) is 25.2 Å². The van der Waals surface area contributed by atoms with Crippen LogP contribution in [-0.2, 0) is 12.5 Å². The first-order valence-corrected chi connectivity index (χ1v) is 8.25. The number of hydrogen-bond donors (Lipinski definition) is 2. The van der Waals surface area contributed by atoms with Crippen molar-refractivity contribution < 1.29 is 9.18 Å². The Bertz CT molecular complexity index is 893. The Morgan fingerprint density at radius 2 is 1.88 bits per heavy atom. The SMILES string of the molecule is Cn1cc(C(=O)NCC2(c3ccc(F)cc3)CCCC2)c(=O)[nH]c1=O. The average Bonchev–Trinajstić information content (AvgIpc) is 3.07. The van der Waals surface area contributed by atoms with Crippen LogP contribution in [0.25, 0.3) is 0 Å². The molecule has 0 bridgehead atoms. The van der Waals surface area contributed by atoms with Gasteiger partial charge in [0.25, 0.3) is 11.5 Å². The molecule has 0 radical (unpaired) electrons. The summed E-state index contributed by atoms with van der Waals surface area (Å²) in [6.07, 6.45) is 5.09. The minimum Gasteiger partial charge on any atom is -0.351 e. The van der Waals surface area contributed by atoms with Crippen LogP contribution in [0.2, 0.25) is 0 Å². The van der Waals surface area contributed by atoms with Gasteiger partial charge in [-0.15, -0.1) is 0 Å². The summed E-state index contributed by atoms with van der Waals surface area (Å²) < 4.78 is 14.4. The molecule has 1 aliphatic rings. The molecule has 6 nitrogen and oxygen atoms in total. The molecule has 0 unspecified atom stereocenters. The lowest BCUT2D eigenvalue weighted by Gasteiger charge is -2.30. The normalized spacial score (nSPS) is 15.9. The molecular weight excluding hydrogens is 325 g/mol. The molecule has 25 heavy (non-hydrogen) atoms. The van der Waals surface area contributed by atoms with Gasteiger partial charge < -0.3 is 9.88 Å². The van der Waals surface area contributed by atoms with Crippen LogP contribution in [0, 0.1) is 5.82 Å². The van der Waals surface area contributed by atoms with Gasteiger partial charge in [-0.25, -0.2) is 9.18 Å². The van der Waals surface area contributed by atoms with Crippen LogP contribution < -0.4 is 16.6 Å². The molecule has 0 spiro atoms. The topological polar surface area (TPSA) is 84.0 Å². The monoisotopic (exact) mass is 345 g/mol. The van der Waals surface area contributed by atoms with Gasteiger partial charge in [0.15, 0.2) is 0 Å². The van der Waals surface area contributed by atoms with Crippen molar-refractivity contribution in [3.63, 3.8) is 0 Å². The molecule has 1 aromatic carbocycles. The number of aromatic amines is 1. The number of halogens is 1. The first-order valence-electron chi connectivity index (χ1n) is 8.25. The van der Waals surface area contributed by atoms with Gasteiger partial charge in [-0.1, -0.05) is 25.0 Å². The van der Waals surface area contributed by atoms with E-state index in [0.717, 1.165) is 35.8 Å². The van der Waals surface area contributed by atoms with Crippen molar-refractivity contribution >= 4 is 5.91 Å². The molecule has 1 heterocycles. The molecule has 0 saturated heterocycles. The second-order valence-corrected chi connectivity index (χ2v) is 6.59. The van der Waals surface area contributed by atoms with E-state index >= 15 is 0 Å². The highest BCUT2D eigenvalue weighted by Crippen LogP contribution is 2.40. The van der Waals surface area contributed by atoms with Gasteiger partial charge in [-0.3, -0.25) is 14.6 Å². The predicted molar refractivity (Wildman–Crippen MR) is 91.2 cm³/mol. The van der Waals surface area contributed by atoms with E-state index < -0.39 is 17.2 Å². The number of aryl methyl sites for hydroxylation is 1. The lowest BCUT2D eigenvalue weighted by atomic mass is 9.78. The Morgan fingerprint density at radius 1 is 1.24 bits per heavy atom. The van der Waals surface area contributed by atoms with Crippen molar-refractivity contribution in [2.24, 2.45) is 7.05 Å². The smallest absolute Gasteiger partial charge is 0.328 e. The maximum absolute atomic E-state index is 13.2. The van der Waals surface area contributed by atoms with Crippen molar-refractivity contribution in [2.75, 3.05) is 6.54 Å². The number of carbonyl (C=O) groups excluding carboxylic acids is 1. The summed E-state index contributed by atoms with van der Waals surface area (Å²) in [5.41, 5.74) is -0.644. The van der Waals surface area contributed by atoms with Crippen LogP contribution in [0.1, 0.15) is 41.6 Å². The summed E-state index contributed by atoms with van der Waals surface area (Å²) in [5, 5.41) is 2.81. The number of rotatable bonds is 4. The molecule has 2 aromatic rings. The zero-order chi connectivity index (χ0) is 18.0. The molecule has 0 atom stereocenters. The highest BCUT2D eigenvalue weighted by Gasteiger charge is 2.36. The zero-order valence-corrected chi connectivity index (χ0v) is 14.0. The largest absolute Gasteiger partial charge is 0.351 e. The van der Waals surface area contributed by atoms with Crippen LogP contribution >= 0.6 is 0 Å². The molecule has 3 rings (SSSR count). The van der Waals surface area contributed by atoms with E-state index in [9.17, 15) is 18.8 Å². The molecule has 1 saturated carbocycles. The Labute approximate surface area is 143 Å². The summed E-state index contributed by atoms with van der Waals surface area (Å²) in [7, 11) is 1.46. The molecule has 0 aliphatic heterocycles. The van der Waals surface area contributed by atoms with Crippen molar-refractivity contribution in [1.82, 2.24) is 14.9 Å². The lowest BCUT2D eigenvalue weighted by molar-refractivity contribution is 0.0940. The molecule has 2 N–H and O–H groups in total. The molecule has 1 amide bonds. The number of benzene rings is 1. The summed E-state index contributed by atoms with van der Waals surface area (Å²) in [5.74, 6) is -0.817. The Balaban J connectivity index is 1.82. The van der Waals surface area contributed by atoms with Crippen LogP contribution in [0.5, 0.6) is 0 Å². The summed E-state index contributed by atoms with van der Waals surface area (Å²) in [6, 6.07) is 6.36. The second-order valence-electron chi connectivity index (χ2n) is 6.59. The lowest BCUT2D eigenvalue weighted by Crippen LogP contribution is -2.42. The average molecular weight is 345 g/mol. The molecule has 7 heteroatoms. The maximum atomic E-state index is 13.2. The fourth-order valence-corrected chi connectivity index (χ4v) is 3.49. The molecule has 1 aliphatic carbocycles. The van der Waals surface area contributed by atoms with Crippen molar-refractivity contribution in [3.8, 4) is 0 Å². The standard InChI is InChI=1S/C18H20FN3O3/c1-22-10-14(16(24)21-17(22)25)15(23)20-11-18(8-2-3-9-18)12-4-6-13(19)7-5-12/h4-7,10H,2-3,8-9,11H2,1H3,(H,20,23)(H,21,24,25). The first kappa shape index (κ1) is 17.1. The quantitative estimate of drug-likeness (QED) is 0.880. The fourth-order valence-electron chi connectivity index (χ4n) is 3.49. The molecule has 132 valence electrons.